The normalized spacial score (nSPS) is 24.8. The molecule has 2 aliphatic rings. The highest BCUT2D eigenvalue weighted by Crippen LogP contribution is 2.49. The van der Waals surface area contributed by atoms with E-state index in [1.807, 2.05) is 12.1 Å². The number of carboxylic acids is 1. The Morgan fingerprint density at radius 3 is 2.72 bits per heavy atom. The molecule has 2 N–H and O–H groups in total. The highest BCUT2D eigenvalue weighted by Gasteiger charge is 2.47. The van der Waals surface area contributed by atoms with Crippen LogP contribution in [0.5, 0.6) is 5.75 Å². The fourth-order valence-corrected chi connectivity index (χ4v) is 5.52. The molecule has 0 saturated heterocycles. The maximum Gasteiger partial charge on any atom is 0.508 e. The molecule has 3 rings (SSSR count). The van der Waals surface area contributed by atoms with E-state index < -0.39 is 12.1 Å². The Kier molecular flexibility index (Phi) is 8.79. The Morgan fingerprint density at radius 1 is 1.19 bits per heavy atom. The van der Waals surface area contributed by atoms with Crippen molar-refractivity contribution in [3.05, 3.63) is 29.3 Å². The van der Waals surface area contributed by atoms with Gasteiger partial charge in [0.2, 0.25) is 0 Å². The van der Waals surface area contributed by atoms with Crippen LogP contribution in [0.1, 0.15) is 63.0 Å². The topological polar surface area (TPSA) is 102 Å². The minimum Gasteiger partial charge on any atom is -0.482 e. The van der Waals surface area contributed by atoms with Gasteiger partial charge in [0.25, 0.3) is 0 Å². The van der Waals surface area contributed by atoms with Gasteiger partial charge in [-0.15, -0.1) is 0 Å². The summed E-state index contributed by atoms with van der Waals surface area (Å²) in [7, 11) is 1.32. The van der Waals surface area contributed by atoms with E-state index in [4.69, 9.17) is 19.3 Å². The van der Waals surface area contributed by atoms with Crippen molar-refractivity contribution < 1.29 is 34.0 Å². The van der Waals surface area contributed by atoms with E-state index in [0.717, 1.165) is 56.9 Å². The molecule has 0 spiro atoms. The predicted octanol–water partition coefficient (Wildman–Crippen LogP) is 4.37. The SMILES string of the molecule is CCCCCC(O)CCC1C(OC(=O)OC)CC2Cc3c(cccc3OCC(=O)O)CC21. The number of rotatable bonds is 11. The molecule has 7 nitrogen and oxygen atoms in total. The van der Waals surface area contributed by atoms with Gasteiger partial charge in [0.05, 0.1) is 13.2 Å². The van der Waals surface area contributed by atoms with E-state index >= 15 is 0 Å². The fraction of sp³-hybridized carbons (Fsp3) is 0.680. The van der Waals surface area contributed by atoms with Crippen LogP contribution in [0.2, 0.25) is 0 Å². The first kappa shape index (κ1) is 24.4. The first-order valence-corrected chi connectivity index (χ1v) is 11.8. The van der Waals surface area contributed by atoms with Crippen molar-refractivity contribution in [1.82, 2.24) is 0 Å². The largest absolute Gasteiger partial charge is 0.508 e. The third kappa shape index (κ3) is 6.15. The van der Waals surface area contributed by atoms with E-state index in [1.165, 1.54) is 12.7 Å². The van der Waals surface area contributed by atoms with Crippen LogP contribution in [0, 0.1) is 17.8 Å². The van der Waals surface area contributed by atoms with Crippen molar-refractivity contribution in [2.24, 2.45) is 17.8 Å². The molecule has 0 aromatic heterocycles. The van der Waals surface area contributed by atoms with Crippen molar-refractivity contribution in [1.29, 1.82) is 0 Å². The van der Waals surface area contributed by atoms with Gasteiger partial charge in [0, 0.05) is 0 Å². The third-order valence-corrected chi connectivity index (χ3v) is 7.06. The predicted molar refractivity (Wildman–Crippen MR) is 119 cm³/mol. The zero-order valence-electron chi connectivity index (χ0n) is 19.1. The van der Waals surface area contributed by atoms with E-state index in [2.05, 4.69) is 13.0 Å². The Balaban J connectivity index is 1.72. The number of unbranched alkanes of at least 4 members (excludes halogenated alkanes) is 2. The fourth-order valence-electron chi connectivity index (χ4n) is 5.52. The summed E-state index contributed by atoms with van der Waals surface area (Å²) in [5, 5.41) is 19.4. The van der Waals surface area contributed by atoms with Gasteiger partial charge < -0.3 is 24.4 Å². The van der Waals surface area contributed by atoms with Crippen molar-refractivity contribution in [3.8, 4) is 5.75 Å². The average molecular weight is 449 g/mol. The third-order valence-electron chi connectivity index (χ3n) is 7.06. The van der Waals surface area contributed by atoms with Crippen LogP contribution in [0.15, 0.2) is 18.2 Å². The first-order valence-electron chi connectivity index (χ1n) is 11.8. The number of aliphatic hydroxyl groups excluding tert-OH is 1. The van der Waals surface area contributed by atoms with Crippen molar-refractivity contribution >= 4 is 12.1 Å². The summed E-state index contributed by atoms with van der Waals surface area (Å²) >= 11 is 0. The molecule has 2 aliphatic carbocycles. The van der Waals surface area contributed by atoms with Gasteiger partial charge in [-0.25, -0.2) is 9.59 Å². The lowest BCUT2D eigenvalue weighted by Crippen LogP contribution is -2.29. The number of carboxylic acid groups (broad SMARTS) is 1. The molecule has 1 saturated carbocycles. The second-order valence-corrected chi connectivity index (χ2v) is 9.15. The van der Waals surface area contributed by atoms with Gasteiger partial charge in [0.15, 0.2) is 6.61 Å². The van der Waals surface area contributed by atoms with Crippen LogP contribution in [-0.2, 0) is 27.1 Å². The molecule has 0 radical (unpaired) electrons. The molecule has 5 unspecified atom stereocenters. The van der Waals surface area contributed by atoms with Gasteiger partial charge in [-0.3, -0.25) is 0 Å². The lowest BCUT2D eigenvalue weighted by Gasteiger charge is -2.32. The summed E-state index contributed by atoms with van der Waals surface area (Å²) in [6.45, 7) is 1.79. The summed E-state index contributed by atoms with van der Waals surface area (Å²) in [6, 6.07) is 5.80. The van der Waals surface area contributed by atoms with Gasteiger partial charge in [-0.1, -0.05) is 38.3 Å². The quantitative estimate of drug-likeness (QED) is 0.383. The van der Waals surface area contributed by atoms with E-state index in [9.17, 15) is 14.7 Å². The Hall–Kier alpha value is -2.28. The summed E-state index contributed by atoms with van der Waals surface area (Å²) in [5.74, 6) is 0.449. The maximum atomic E-state index is 11.9. The Labute approximate surface area is 190 Å². The smallest absolute Gasteiger partial charge is 0.482 e. The minimum atomic E-state index is -0.999. The molecule has 1 fully saturated rings. The average Bonchev–Trinajstić information content (AvgIpc) is 3.10. The zero-order valence-corrected chi connectivity index (χ0v) is 19.1. The molecule has 7 heteroatoms. The van der Waals surface area contributed by atoms with Crippen LogP contribution in [-0.4, -0.2) is 48.3 Å². The van der Waals surface area contributed by atoms with E-state index in [1.54, 1.807) is 0 Å². The highest BCUT2D eigenvalue weighted by molar-refractivity contribution is 5.68. The lowest BCUT2D eigenvalue weighted by atomic mass is 9.73. The van der Waals surface area contributed by atoms with Crippen molar-refractivity contribution in [2.45, 2.75) is 76.9 Å². The number of hydrogen-bond acceptors (Lipinski definition) is 6. The summed E-state index contributed by atoms with van der Waals surface area (Å²) in [5.41, 5.74) is 2.23. The number of hydrogen-bond donors (Lipinski definition) is 2. The van der Waals surface area contributed by atoms with Crippen molar-refractivity contribution in [2.75, 3.05) is 13.7 Å². The molecular weight excluding hydrogens is 412 g/mol. The number of aliphatic hydroxyl groups is 1. The number of carbonyl (C=O) groups is 2. The second-order valence-electron chi connectivity index (χ2n) is 9.15. The molecule has 0 bridgehead atoms. The highest BCUT2D eigenvalue weighted by atomic mass is 16.7. The second kappa shape index (κ2) is 11.5. The van der Waals surface area contributed by atoms with Crippen LogP contribution >= 0.6 is 0 Å². The molecule has 178 valence electrons. The number of benzene rings is 1. The van der Waals surface area contributed by atoms with Crippen molar-refractivity contribution in [3.63, 3.8) is 0 Å². The minimum absolute atomic E-state index is 0.164. The molecule has 1 aromatic carbocycles. The van der Waals surface area contributed by atoms with Gasteiger partial charge in [-0.05, 0) is 73.5 Å². The van der Waals surface area contributed by atoms with Crippen LogP contribution < -0.4 is 4.74 Å². The molecule has 5 atom stereocenters. The monoisotopic (exact) mass is 448 g/mol. The summed E-state index contributed by atoms with van der Waals surface area (Å²) in [6.07, 6.45) is 6.72. The standard InChI is InChI=1S/C25H36O7/c1-3-4-5-8-18(26)10-11-19-20-12-16-7-6-9-22(31-15-24(27)28)21(16)13-17(20)14-23(19)32-25(29)30-2/h6-7,9,17-20,23,26H,3-5,8,10-15H2,1-2H3,(H,27,28). The number of ether oxygens (including phenoxy) is 3. The summed E-state index contributed by atoms with van der Waals surface area (Å²) in [4.78, 5) is 22.8. The van der Waals surface area contributed by atoms with Crippen LogP contribution in [0.25, 0.3) is 0 Å². The first-order chi connectivity index (χ1) is 15.4. The molecule has 0 amide bonds. The van der Waals surface area contributed by atoms with Gasteiger partial charge >= 0.3 is 12.1 Å². The lowest BCUT2D eigenvalue weighted by molar-refractivity contribution is -0.139. The van der Waals surface area contributed by atoms with E-state index in [0.29, 0.717) is 24.0 Å². The van der Waals surface area contributed by atoms with Crippen LogP contribution in [0.3, 0.4) is 0 Å². The maximum absolute atomic E-state index is 11.9. The molecule has 32 heavy (non-hydrogen) atoms. The van der Waals surface area contributed by atoms with Crippen LogP contribution in [0.4, 0.5) is 4.79 Å². The Morgan fingerprint density at radius 2 is 2.00 bits per heavy atom. The van der Waals surface area contributed by atoms with Gasteiger partial charge in [0.1, 0.15) is 11.9 Å². The molecule has 0 aliphatic heterocycles. The number of carbonyl (C=O) groups excluding carboxylic acids is 1. The number of fused-ring (bicyclic) bond motifs is 2. The zero-order chi connectivity index (χ0) is 23.1. The number of aliphatic carboxylic acids is 1. The molecule has 1 aromatic rings. The number of methoxy groups -OCH3 is 1. The molecular formula is C25H36O7. The van der Waals surface area contributed by atoms with E-state index in [-0.39, 0.29) is 24.7 Å². The summed E-state index contributed by atoms with van der Waals surface area (Å²) < 4.78 is 15.9. The molecule has 0 heterocycles. The van der Waals surface area contributed by atoms with Gasteiger partial charge in [-0.2, -0.15) is 0 Å². The Bertz CT molecular complexity index is 778.